The van der Waals surface area contributed by atoms with E-state index in [-0.39, 0.29) is 17.6 Å². The number of hydrogen-bond donors (Lipinski definition) is 0. The van der Waals surface area contributed by atoms with E-state index >= 15 is 0 Å². The summed E-state index contributed by atoms with van der Waals surface area (Å²) in [7, 11) is 0. The third-order valence-corrected chi connectivity index (χ3v) is 8.24. The molecule has 0 spiro atoms. The minimum Gasteiger partial charge on any atom is -0.493 e. The van der Waals surface area contributed by atoms with Gasteiger partial charge in [-0.05, 0) is 69.4 Å². The Morgan fingerprint density at radius 3 is 2.38 bits per heavy atom. The summed E-state index contributed by atoms with van der Waals surface area (Å²) in [6.45, 7) is 4.54. The molecule has 39 heavy (non-hydrogen) atoms. The Hall–Kier alpha value is -3.39. The minimum atomic E-state index is -0.436. The van der Waals surface area contributed by atoms with Crippen LogP contribution in [0, 0.1) is 18.2 Å². The van der Waals surface area contributed by atoms with Crippen LogP contribution in [0.5, 0.6) is 5.75 Å². The molecule has 0 saturated carbocycles. The largest absolute Gasteiger partial charge is 0.493 e. The Morgan fingerprint density at radius 1 is 1.00 bits per heavy atom. The van der Waals surface area contributed by atoms with Gasteiger partial charge < -0.3 is 19.1 Å². The predicted octanol–water partition coefficient (Wildman–Crippen LogP) is 6.15. The maximum absolute atomic E-state index is 13.7. The number of piperidine rings is 2. The van der Waals surface area contributed by atoms with Gasteiger partial charge in [-0.2, -0.15) is 0 Å². The molecule has 3 aromatic rings. The smallest absolute Gasteiger partial charge is 0.259 e. The monoisotopic (exact) mass is 553 g/mol. The van der Waals surface area contributed by atoms with Crippen LogP contribution in [0.3, 0.4) is 0 Å². The zero-order valence-corrected chi connectivity index (χ0v) is 22.9. The molecule has 0 aliphatic carbocycles. The summed E-state index contributed by atoms with van der Waals surface area (Å²) in [6.07, 6.45) is 4.76. The van der Waals surface area contributed by atoms with Gasteiger partial charge in [0.2, 0.25) is 5.91 Å². The Morgan fingerprint density at radius 2 is 1.69 bits per heavy atom. The lowest BCUT2D eigenvalue weighted by atomic mass is 9.75. The number of hydrogen-bond acceptors (Lipinski definition) is 5. The number of rotatable bonds is 7. The molecule has 2 fully saturated rings. The fourth-order valence-corrected chi connectivity index (χ4v) is 5.74. The Labute approximate surface area is 232 Å². The van der Waals surface area contributed by atoms with Crippen molar-refractivity contribution in [3.8, 4) is 17.0 Å². The number of carbonyl (C=O) groups is 2. The first-order valence-corrected chi connectivity index (χ1v) is 13.9. The van der Waals surface area contributed by atoms with Crippen LogP contribution in [-0.2, 0) is 4.79 Å². The van der Waals surface area contributed by atoms with Gasteiger partial charge in [0.15, 0.2) is 0 Å². The van der Waals surface area contributed by atoms with Crippen LogP contribution in [0.1, 0.15) is 54.6 Å². The Kier molecular flexibility index (Phi) is 8.21. The molecule has 0 atom stereocenters. The highest BCUT2D eigenvalue weighted by Crippen LogP contribution is 2.39. The quantitative estimate of drug-likeness (QED) is 0.351. The molecule has 0 bridgehead atoms. The van der Waals surface area contributed by atoms with Crippen molar-refractivity contribution in [2.45, 2.75) is 45.4 Å². The van der Waals surface area contributed by atoms with Crippen molar-refractivity contribution in [3.63, 3.8) is 0 Å². The molecule has 5 rings (SSSR count). The highest BCUT2D eigenvalue weighted by Gasteiger charge is 2.41. The van der Waals surface area contributed by atoms with E-state index in [1.165, 1.54) is 12.1 Å². The van der Waals surface area contributed by atoms with Gasteiger partial charge in [-0.25, -0.2) is 4.39 Å². The third kappa shape index (κ3) is 6.11. The molecule has 0 N–H and O–H groups in total. The second-order valence-corrected chi connectivity index (χ2v) is 11.0. The maximum atomic E-state index is 13.7. The second kappa shape index (κ2) is 11.8. The van der Waals surface area contributed by atoms with Crippen molar-refractivity contribution >= 4 is 23.4 Å². The minimum absolute atomic E-state index is 0.132. The van der Waals surface area contributed by atoms with Crippen LogP contribution < -0.4 is 4.74 Å². The fraction of sp³-hybridized carbons (Fsp3) is 0.433. The predicted molar refractivity (Wildman–Crippen MR) is 146 cm³/mol. The summed E-state index contributed by atoms with van der Waals surface area (Å²) >= 11 is 6.40. The molecule has 0 radical (unpaired) electrons. The maximum Gasteiger partial charge on any atom is 0.259 e. The van der Waals surface area contributed by atoms with Crippen LogP contribution in [-0.4, -0.2) is 59.6 Å². The number of ether oxygens (including phenoxy) is 1. The van der Waals surface area contributed by atoms with Crippen molar-refractivity contribution < 1.29 is 23.2 Å². The summed E-state index contributed by atoms with van der Waals surface area (Å²) in [6, 6.07) is 13.2. The van der Waals surface area contributed by atoms with E-state index in [1.807, 2.05) is 23.1 Å². The molecule has 9 heteroatoms. The molecule has 0 unspecified atom stereocenters. The number of likely N-dealkylation sites (tertiary alicyclic amines) is 2. The molecule has 2 aliphatic rings. The van der Waals surface area contributed by atoms with Gasteiger partial charge in [0.05, 0.1) is 11.6 Å². The van der Waals surface area contributed by atoms with E-state index in [0.717, 1.165) is 32.4 Å². The number of aryl methyl sites for hydroxylation is 1. The summed E-state index contributed by atoms with van der Waals surface area (Å²) in [5.41, 5.74) is 1.04. The number of benzene rings is 2. The lowest BCUT2D eigenvalue weighted by Crippen LogP contribution is -2.48. The number of halogens is 2. The number of aromatic nitrogens is 1. The van der Waals surface area contributed by atoms with Gasteiger partial charge >= 0.3 is 0 Å². The van der Waals surface area contributed by atoms with Gasteiger partial charge in [-0.3, -0.25) is 9.59 Å². The SMILES string of the molecule is Cc1onc(-c2ccccc2Cl)c1C(=O)N1CCC(COc2ccc(F)cc2)(CC(=O)N2CCCCC2)CC1. The molecule has 3 heterocycles. The van der Waals surface area contributed by atoms with Gasteiger partial charge in [-0.15, -0.1) is 0 Å². The van der Waals surface area contributed by atoms with Crippen molar-refractivity contribution in [2.75, 3.05) is 32.8 Å². The normalized spacial score (nSPS) is 17.2. The van der Waals surface area contributed by atoms with Gasteiger partial charge in [0.25, 0.3) is 5.91 Å². The van der Waals surface area contributed by atoms with Crippen molar-refractivity contribution in [2.24, 2.45) is 5.41 Å². The first-order valence-electron chi connectivity index (χ1n) is 13.5. The molecule has 2 amide bonds. The molecule has 2 aromatic carbocycles. The molecule has 7 nitrogen and oxygen atoms in total. The lowest BCUT2D eigenvalue weighted by Gasteiger charge is -2.42. The second-order valence-electron chi connectivity index (χ2n) is 10.6. The third-order valence-electron chi connectivity index (χ3n) is 7.91. The van der Waals surface area contributed by atoms with Crippen molar-refractivity contribution in [1.82, 2.24) is 15.0 Å². The zero-order chi connectivity index (χ0) is 27.4. The zero-order valence-electron chi connectivity index (χ0n) is 22.1. The lowest BCUT2D eigenvalue weighted by molar-refractivity contribution is -0.136. The highest BCUT2D eigenvalue weighted by atomic mass is 35.5. The van der Waals surface area contributed by atoms with E-state index in [9.17, 15) is 14.0 Å². The highest BCUT2D eigenvalue weighted by molar-refractivity contribution is 6.33. The van der Waals surface area contributed by atoms with Gasteiger partial charge in [0, 0.05) is 43.6 Å². The first kappa shape index (κ1) is 27.2. The molecule has 2 aliphatic heterocycles. The number of nitrogens with zero attached hydrogens (tertiary/aromatic N) is 3. The standard InChI is InChI=1S/C30H33ClFN3O4/c1-21-27(28(33-39-21)24-7-3-4-8-25(24)31)29(37)35-17-13-30(14-18-35,19-26(36)34-15-5-2-6-16-34)20-38-23-11-9-22(32)10-12-23/h3-4,7-12H,2,5-6,13-20H2,1H3. The topological polar surface area (TPSA) is 75.9 Å². The van der Waals surface area contributed by atoms with E-state index in [0.29, 0.717) is 72.3 Å². The Balaban J connectivity index is 1.33. The molecular weight excluding hydrogens is 521 g/mol. The summed E-state index contributed by atoms with van der Waals surface area (Å²) in [5.74, 6) is 0.632. The fourth-order valence-electron chi connectivity index (χ4n) is 5.52. The number of amides is 2. The van der Waals surface area contributed by atoms with Gasteiger partial charge in [-0.1, -0.05) is 35.0 Å². The average Bonchev–Trinajstić information content (AvgIpc) is 3.34. The summed E-state index contributed by atoms with van der Waals surface area (Å²) in [5, 5.41) is 4.64. The van der Waals surface area contributed by atoms with Crippen LogP contribution in [0.25, 0.3) is 11.3 Å². The van der Waals surface area contributed by atoms with Crippen LogP contribution in [0.4, 0.5) is 4.39 Å². The van der Waals surface area contributed by atoms with Gasteiger partial charge in [0.1, 0.15) is 28.6 Å². The van der Waals surface area contributed by atoms with Crippen LogP contribution in [0.2, 0.25) is 5.02 Å². The molecular formula is C30H33ClFN3O4. The molecule has 1 aromatic heterocycles. The van der Waals surface area contributed by atoms with Crippen molar-refractivity contribution in [1.29, 1.82) is 0 Å². The molecule has 2 saturated heterocycles. The first-order chi connectivity index (χ1) is 18.8. The van der Waals surface area contributed by atoms with E-state index in [4.69, 9.17) is 20.9 Å². The Bertz CT molecular complexity index is 1310. The summed E-state index contributed by atoms with van der Waals surface area (Å²) < 4.78 is 24.9. The molecule has 206 valence electrons. The number of carbonyl (C=O) groups excluding carboxylic acids is 2. The van der Waals surface area contributed by atoms with Crippen LogP contribution in [0.15, 0.2) is 53.1 Å². The van der Waals surface area contributed by atoms with Crippen LogP contribution >= 0.6 is 11.6 Å². The average molecular weight is 554 g/mol. The van der Waals surface area contributed by atoms with Crippen molar-refractivity contribution in [3.05, 3.63) is 70.7 Å². The van der Waals surface area contributed by atoms with E-state index < -0.39 is 5.41 Å². The summed E-state index contributed by atoms with van der Waals surface area (Å²) in [4.78, 5) is 30.8. The van der Waals surface area contributed by atoms with E-state index in [2.05, 4.69) is 5.16 Å². The van der Waals surface area contributed by atoms with E-state index in [1.54, 1.807) is 30.0 Å².